The second-order valence-corrected chi connectivity index (χ2v) is 9.13. The standard InChI is InChI=1S/C34H23N3/c1-5-13-23(14-6-1)27-21-35-31(25-17-9-3-10-18-25)29-30-32(26-19-11-4-12-20-26)36-22-28(34(30)37-33(27)29)24-15-7-2-8-16-24/h1-22,37H. The maximum absolute atomic E-state index is 5.07. The summed E-state index contributed by atoms with van der Waals surface area (Å²) in [5, 5.41) is 2.18. The molecule has 174 valence electrons. The molecule has 0 amide bonds. The van der Waals surface area contributed by atoms with E-state index in [9.17, 15) is 0 Å². The number of benzene rings is 4. The minimum absolute atomic E-state index is 0.950. The van der Waals surface area contributed by atoms with Crippen LogP contribution >= 0.6 is 0 Å². The molecule has 7 aromatic rings. The first-order valence-electron chi connectivity index (χ1n) is 12.4. The van der Waals surface area contributed by atoms with Crippen LogP contribution in [0.5, 0.6) is 0 Å². The average molecular weight is 474 g/mol. The van der Waals surface area contributed by atoms with E-state index in [4.69, 9.17) is 9.97 Å². The van der Waals surface area contributed by atoms with E-state index in [1.807, 2.05) is 36.7 Å². The van der Waals surface area contributed by atoms with Gasteiger partial charge in [0.1, 0.15) is 0 Å². The van der Waals surface area contributed by atoms with Gasteiger partial charge in [-0.15, -0.1) is 0 Å². The minimum Gasteiger partial charge on any atom is -0.353 e. The smallest absolute Gasteiger partial charge is 0.0803 e. The van der Waals surface area contributed by atoms with E-state index >= 15 is 0 Å². The normalized spacial score (nSPS) is 11.2. The molecule has 0 saturated heterocycles. The molecule has 4 aromatic carbocycles. The highest BCUT2D eigenvalue weighted by atomic mass is 14.8. The van der Waals surface area contributed by atoms with Crippen LogP contribution in [-0.4, -0.2) is 15.0 Å². The van der Waals surface area contributed by atoms with E-state index in [1.165, 1.54) is 0 Å². The Balaban J connectivity index is 1.68. The summed E-state index contributed by atoms with van der Waals surface area (Å²) in [7, 11) is 0. The number of hydrogen-bond acceptors (Lipinski definition) is 2. The van der Waals surface area contributed by atoms with Crippen molar-refractivity contribution in [2.45, 2.75) is 0 Å². The van der Waals surface area contributed by atoms with E-state index in [0.29, 0.717) is 0 Å². The molecular weight excluding hydrogens is 450 g/mol. The van der Waals surface area contributed by atoms with Gasteiger partial charge in [0.05, 0.1) is 22.4 Å². The second kappa shape index (κ2) is 8.89. The van der Waals surface area contributed by atoms with Crippen molar-refractivity contribution in [2.24, 2.45) is 0 Å². The van der Waals surface area contributed by atoms with Crippen LogP contribution in [0.3, 0.4) is 0 Å². The zero-order valence-corrected chi connectivity index (χ0v) is 20.1. The molecular formula is C34H23N3. The molecule has 0 fully saturated rings. The number of fused-ring (bicyclic) bond motifs is 3. The SMILES string of the molecule is c1ccc(-c2cnc(-c3ccccc3)c3c2[nH]c2c(-c4ccccc4)cnc(-c4ccccc4)c23)cc1. The van der Waals surface area contributed by atoms with Crippen molar-refractivity contribution >= 4 is 21.8 Å². The molecule has 0 aliphatic rings. The number of aromatic amines is 1. The summed E-state index contributed by atoms with van der Waals surface area (Å²) < 4.78 is 0. The van der Waals surface area contributed by atoms with Crippen LogP contribution < -0.4 is 0 Å². The van der Waals surface area contributed by atoms with Gasteiger partial charge in [-0.1, -0.05) is 121 Å². The van der Waals surface area contributed by atoms with Gasteiger partial charge in [0.2, 0.25) is 0 Å². The van der Waals surface area contributed by atoms with Crippen molar-refractivity contribution in [3.8, 4) is 44.8 Å². The molecule has 3 heteroatoms. The zero-order chi connectivity index (χ0) is 24.6. The van der Waals surface area contributed by atoms with Gasteiger partial charge in [-0.25, -0.2) is 0 Å². The Morgan fingerprint density at radius 3 is 1.05 bits per heavy atom. The summed E-state index contributed by atoms with van der Waals surface area (Å²) in [4.78, 5) is 14.0. The molecule has 3 nitrogen and oxygen atoms in total. The van der Waals surface area contributed by atoms with Crippen LogP contribution in [0.1, 0.15) is 0 Å². The van der Waals surface area contributed by atoms with Crippen LogP contribution in [0.25, 0.3) is 66.6 Å². The van der Waals surface area contributed by atoms with Gasteiger partial charge in [0.25, 0.3) is 0 Å². The average Bonchev–Trinajstić information content (AvgIpc) is 3.39. The zero-order valence-electron chi connectivity index (χ0n) is 20.1. The molecule has 0 bridgehead atoms. The predicted octanol–water partition coefficient (Wildman–Crippen LogP) is 8.78. The fraction of sp³-hybridized carbons (Fsp3) is 0. The Hall–Kier alpha value is -5.02. The summed E-state index contributed by atoms with van der Waals surface area (Å²) in [6.45, 7) is 0. The lowest BCUT2D eigenvalue weighted by molar-refractivity contribution is 1.35. The second-order valence-electron chi connectivity index (χ2n) is 9.13. The van der Waals surface area contributed by atoms with Gasteiger partial charge in [0, 0.05) is 45.4 Å². The number of nitrogens with zero attached hydrogens (tertiary/aromatic N) is 2. The number of H-pyrrole nitrogens is 1. The minimum atomic E-state index is 0.950. The van der Waals surface area contributed by atoms with E-state index < -0.39 is 0 Å². The van der Waals surface area contributed by atoms with Crippen molar-refractivity contribution < 1.29 is 0 Å². The summed E-state index contributed by atoms with van der Waals surface area (Å²) in [6, 6.07) is 41.8. The van der Waals surface area contributed by atoms with Gasteiger partial charge in [-0.05, 0) is 11.1 Å². The highest BCUT2D eigenvalue weighted by molar-refractivity contribution is 6.23. The van der Waals surface area contributed by atoms with E-state index in [2.05, 4.69) is 102 Å². The van der Waals surface area contributed by atoms with Gasteiger partial charge < -0.3 is 4.98 Å². The first kappa shape index (κ1) is 21.3. The Morgan fingerprint density at radius 1 is 0.378 bits per heavy atom. The van der Waals surface area contributed by atoms with E-state index in [-0.39, 0.29) is 0 Å². The Kier molecular flexibility index (Phi) is 5.11. The highest BCUT2D eigenvalue weighted by Gasteiger charge is 2.22. The lowest BCUT2D eigenvalue weighted by Crippen LogP contribution is -1.91. The summed E-state index contributed by atoms with van der Waals surface area (Å²) in [6.07, 6.45) is 3.99. The molecule has 7 rings (SSSR count). The van der Waals surface area contributed by atoms with Gasteiger partial charge in [-0.3, -0.25) is 9.97 Å². The molecule has 1 N–H and O–H groups in total. The summed E-state index contributed by atoms with van der Waals surface area (Å²) in [5.41, 5.74) is 10.6. The molecule has 0 atom stereocenters. The highest BCUT2D eigenvalue weighted by Crippen LogP contribution is 2.44. The lowest BCUT2D eigenvalue weighted by atomic mass is 9.96. The first-order valence-corrected chi connectivity index (χ1v) is 12.4. The van der Waals surface area contributed by atoms with Crippen molar-refractivity contribution in [1.29, 1.82) is 0 Å². The Morgan fingerprint density at radius 2 is 0.703 bits per heavy atom. The topological polar surface area (TPSA) is 41.6 Å². The molecule has 0 radical (unpaired) electrons. The Labute approximate surface area is 215 Å². The van der Waals surface area contributed by atoms with Crippen molar-refractivity contribution in [2.75, 3.05) is 0 Å². The molecule has 3 heterocycles. The molecule has 0 aliphatic carbocycles. The third-order valence-corrected chi connectivity index (χ3v) is 6.92. The van der Waals surface area contributed by atoms with Crippen LogP contribution in [0.15, 0.2) is 134 Å². The van der Waals surface area contributed by atoms with Gasteiger partial charge in [-0.2, -0.15) is 0 Å². The maximum Gasteiger partial charge on any atom is 0.0803 e. The van der Waals surface area contributed by atoms with Crippen LogP contribution in [0.2, 0.25) is 0 Å². The van der Waals surface area contributed by atoms with Gasteiger partial charge >= 0.3 is 0 Å². The number of nitrogens with one attached hydrogen (secondary N) is 1. The third-order valence-electron chi connectivity index (χ3n) is 6.92. The molecule has 0 spiro atoms. The predicted molar refractivity (Wildman–Crippen MR) is 153 cm³/mol. The van der Waals surface area contributed by atoms with Gasteiger partial charge in [0.15, 0.2) is 0 Å². The van der Waals surface area contributed by atoms with Crippen molar-refractivity contribution in [3.63, 3.8) is 0 Å². The summed E-state index contributed by atoms with van der Waals surface area (Å²) >= 11 is 0. The largest absolute Gasteiger partial charge is 0.353 e. The maximum atomic E-state index is 5.07. The number of pyridine rings is 2. The van der Waals surface area contributed by atoms with Crippen molar-refractivity contribution in [3.05, 3.63) is 134 Å². The monoisotopic (exact) mass is 473 g/mol. The van der Waals surface area contributed by atoms with E-state index in [0.717, 1.165) is 66.6 Å². The molecule has 3 aromatic heterocycles. The van der Waals surface area contributed by atoms with E-state index in [1.54, 1.807) is 0 Å². The fourth-order valence-corrected chi connectivity index (χ4v) is 5.20. The van der Waals surface area contributed by atoms with Crippen LogP contribution in [0.4, 0.5) is 0 Å². The van der Waals surface area contributed by atoms with Crippen molar-refractivity contribution in [1.82, 2.24) is 15.0 Å². The molecule has 0 unspecified atom stereocenters. The first-order chi connectivity index (χ1) is 18.4. The quantitative estimate of drug-likeness (QED) is 0.277. The number of aromatic nitrogens is 3. The number of hydrogen-bond donors (Lipinski definition) is 1. The summed E-state index contributed by atoms with van der Waals surface area (Å²) in [5.74, 6) is 0. The molecule has 0 aliphatic heterocycles. The Bertz CT molecular complexity index is 1700. The molecule has 37 heavy (non-hydrogen) atoms. The fourth-order valence-electron chi connectivity index (χ4n) is 5.20. The lowest BCUT2D eigenvalue weighted by Gasteiger charge is -2.11. The number of rotatable bonds is 4. The van der Waals surface area contributed by atoms with Crippen LogP contribution in [-0.2, 0) is 0 Å². The molecule has 0 saturated carbocycles. The third kappa shape index (κ3) is 3.60. The van der Waals surface area contributed by atoms with Crippen LogP contribution in [0, 0.1) is 0 Å².